The zero-order chi connectivity index (χ0) is 16.1. The normalized spacial score (nSPS) is 24.7. The minimum Gasteiger partial charge on any atom is -0.261 e. The third kappa shape index (κ3) is 4.27. The van der Waals surface area contributed by atoms with Crippen LogP contribution in [0.15, 0.2) is 41.5 Å². The second-order valence-electron chi connectivity index (χ2n) is 6.80. The topological polar surface area (TPSA) is 15.6 Å². The van der Waals surface area contributed by atoms with E-state index in [1.165, 1.54) is 48.9 Å². The van der Waals surface area contributed by atoms with Crippen LogP contribution >= 0.6 is 11.9 Å². The largest absolute Gasteiger partial charge is 0.261 e. The van der Waals surface area contributed by atoms with Crippen LogP contribution in [-0.4, -0.2) is 22.3 Å². The fourth-order valence-electron chi connectivity index (χ4n) is 3.75. The maximum Gasteiger partial charge on any atom is 0.0513 e. The van der Waals surface area contributed by atoms with Crippen LogP contribution in [0.2, 0.25) is 0 Å². The van der Waals surface area contributed by atoms with Gasteiger partial charge in [-0.05, 0) is 36.1 Å². The van der Waals surface area contributed by atoms with Crippen molar-refractivity contribution in [3.05, 3.63) is 47.7 Å². The number of allylic oxidation sites excluding steroid dienone is 1. The average molecular weight is 329 g/mol. The van der Waals surface area contributed by atoms with Crippen molar-refractivity contribution in [2.75, 3.05) is 6.26 Å². The number of aliphatic imine (C=N–C) groups is 1. The summed E-state index contributed by atoms with van der Waals surface area (Å²) in [4.78, 5) is 4.43. The Labute approximate surface area is 145 Å². The van der Waals surface area contributed by atoms with Crippen LogP contribution in [0.5, 0.6) is 0 Å². The Morgan fingerprint density at radius 1 is 1.13 bits per heavy atom. The Morgan fingerprint density at radius 3 is 2.61 bits per heavy atom. The van der Waals surface area contributed by atoms with E-state index < -0.39 is 0 Å². The molecule has 1 aromatic rings. The van der Waals surface area contributed by atoms with Crippen molar-refractivity contribution < 1.29 is 0 Å². The summed E-state index contributed by atoms with van der Waals surface area (Å²) in [7, 11) is 0. The average Bonchev–Trinajstić information content (AvgIpc) is 3.03. The van der Waals surface area contributed by atoms with E-state index in [1.807, 2.05) is 18.1 Å². The van der Waals surface area contributed by atoms with Gasteiger partial charge >= 0.3 is 0 Å². The minimum absolute atomic E-state index is 0.718. The molecule has 0 N–H and O–H groups in total. The molecule has 2 unspecified atom stereocenters. The molecule has 1 fully saturated rings. The van der Waals surface area contributed by atoms with Crippen LogP contribution in [0.3, 0.4) is 0 Å². The van der Waals surface area contributed by atoms with Gasteiger partial charge in [0.05, 0.1) is 5.71 Å². The van der Waals surface area contributed by atoms with Crippen molar-refractivity contribution in [1.29, 1.82) is 0 Å². The molecule has 0 spiro atoms. The van der Waals surface area contributed by atoms with Gasteiger partial charge in [0.1, 0.15) is 0 Å². The fourth-order valence-corrected chi connectivity index (χ4v) is 4.62. The van der Waals surface area contributed by atoms with Gasteiger partial charge in [0.25, 0.3) is 0 Å². The lowest BCUT2D eigenvalue weighted by molar-refractivity contribution is 0.248. The first-order valence-electron chi connectivity index (χ1n) is 8.89. The summed E-state index contributed by atoms with van der Waals surface area (Å²) in [6, 6.07) is 9.74. The van der Waals surface area contributed by atoms with E-state index in [0.717, 1.165) is 24.9 Å². The molecule has 2 atom stereocenters. The summed E-state index contributed by atoms with van der Waals surface area (Å²) in [6.45, 7) is 3.48. The molecule has 0 aromatic heterocycles. The smallest absolute Gasteiger partial charge is 0.0513 e. The molecule has 0 bridgehead atoms. The number of hydrogen-bond acceptors (Lipinski definition) is 3. The first-order valence-corrected chi connectivity index (χ1v) is 10.1. The molecule has 1 heterocycles. The van der Waals surface area contributed by atoms with Gasteiger partial charge in [-0.3, -0.25) is 4.99 Å². The predicted molar refractivity (Wildman–Crippen MR) is 102 cm³/mol. The molecule has 3 heteroatoms. The van der Waals surface area contributed by atoms with Gasteiger partial charge in [-0.2, -0.15) is 0 Å². The van der Waals surface area contributed by atoms with Crippen LogP contribution in [0.1, 0.15) is 56.6 Å². The van der Waals surface area contributed by atoms with Gasteiger partial charge in [0.2, 0.25) is 0 Å². The van der Waals surface area contributed by atoms with E-state index in [0.29, 0.717) is 0 Å². The third-order valence-corrected chi connectivity index (χ3v) is 6.06. The van der Waals surface area contributed by atoms with E-state index in [2.05, 4.69) is 52.8 Å². The zero-order valence-electron chi connectivity index (χ0n) is 14.4. The number of rotatable bonds is 5. The van der Waals surface area contributed by atoms with Crippen LogP contribution in [-0.2, 0) is 6.54 Å². The van der Waals surface area contributed by atoms with Crippen LogP contribution in [0.4, 0.5) is 0 Å². The molecule has 124 valence electrons. The van der Waals surface area contributed by atoms with Crippen LogP contribution in [0.25, 0.3) is 0 Å². The van der Waals surface area contributed by atoms with Gasteiger partial charge in [0, 0.05) is 25.2 Å². The van der Waals surface area contributed by atoms with Gasteiger partial charge in [-0.25, -0.2) is 4.31 Å². The maximum atomic E-state index is 4.43. The molecule has 1 aliphatic heterocycles. The molecule has 2 nitrogen and oxygen atoms in total. The predicted octanol–water partition coefficient (Wildman–Crippen LogP) is 5.44. The van der Waals surface area contributed by atoms with Crippen molar-refractivity contribution in [3.63, 3.8) is 0 Å². The number of benzene rings is 1. The molecular weight excluding hydrogens is 300 g/mol. The van der Waals surface area contributed by atoms with Gasteiger partial charge in [-0.15, -0.1) is 0 Å². The van der Waals surface area contributed by atoms with E-state index >= 15 is 0 Å². The van der Waals surface area contributed by atoms with Gasteiger partial charge in [-0.1, -0.05) is 68.5 Å². The van der Waals surface area contributed by atoms with Crippen molar-refractivity contribution in [2.45, 2.75) is 58.0 Å². The lowest BCUT2D eigenvalue weighted by Gasteiger charge is -2.33. The summed E-state index contributed by atoms with van der Waals surface area (Å²) < 4.78 is 2.61. The van der Waals surface area contributed by atoms with Gasteiger partial charge < -0.3 is 0 Å². The summed E-state index contributed by atoms with van der Waals surface area (Å²) in [6.07, 6.45) is 14.2. The zero-order valence-corrected chi connectivity index (χ0v) is 15.2. The Kier molecular flexibility index (Phi) is 5.96. The van der Waals surface area contributed by atoms with E-state index in [4.69, 9.17) is 0 Å². The Bertz CT molecular complexity index is 562. The first kappa shape index (κ1) is 16.8. The van der Waals surface area contributed by atoms with E-state index in [9.17, 15) is 0 Å². The molecule has 3 rings (SSSR count). The lowest BCUT2D eigenvalue weighted by Crippen LogP contribution is -2.33. The molecule has 2 aliphatic rings. The Hall–Kier alpha value is -1.06. The van der Waals surface area contributed by atoms with Gasteiger partial charge in [0.15, 0.2) is 0 Å². The van der Waals surface area contributed by atoms with Crippen molar-refractivity contribution in [2.24, 2.45) is 10.9 Å². The molecule has 23 heavy (non-hydrogen) atoms. The molecule has 1 aromatic carbocycles. The summed E-state index contributed by atoms with van der Waals surface area (Å²) in [5, 5.41) is 0. The second-order valence-corrected chi connectivity index (χ2v) is 7.64. The third-order valence-electron chi connectivity index (χ3n) is 5.19. The fraction of sp³-hybridized carbons (Fsp3) is 0.550. The highest BCUT2D eigenvalue weighted by Crippen LogP contribution is 2.31. The van der Waals surface area contributed by atoms with E-state index in [1.54, 1.807) is 0 Å². The molecule has 1 aliphatic carbocycles. The number of nitrogens with zero attached hydrogens (tertiary/aromatic N) is 2. The SMILES string of the molecule is CSN(Cc1ccc(C2=NC=CC2)cc1)C1CCCCCC1C. The molecule has 0 radical (unpaired) electrons. The van der Waals surface area contributed by atoms with E-state index in [-0.39, 0.29) is 0 Å². The maximum absolute atomic E-state index is 4.43. The Balaban J connectivity index is 1.66. The first-order chi connectivity index (χ1) is 11.3. The standard InChI is InChI=1S/C20H28N2S/c1-16-7-4-3-5-9-20(16)22(23-2)15-17-10-12-18(13-11-17)19-8-6-14-21-19/h6,10-14,16,20H,3-5,7-9,15H2,1-2H3. The highest BCUT2D eigenvalue weighted by molar-refractivity contribution is 7.96. The second kappa shape index (κ2) is 8.16. The van der Waals surface area contributed by atoms with Crippen molar-refractivity contribution in [3.8, 4) is 0 Å². The molecule has 0 saturated heterocycles. The van der Waals surface area contributed by atoms with Crippen LogP contribution in [0, 0.1) is 5.92 Å². The number of hydrogen-bond donors (Lipinski definition) is 0. The molecular formula is C20H28N2S. The minimum atomic E-state index is 0.718. The molecule has 1 saturated carbocycles. The summed E-state index contributed by atoms with van der Waals surface area (Å²) in [5.74, 6) is 0.808. The van der Waals surface area contributed by atoms with Crippen molar-refractivity contribution in [1.82, 2.24) is 4.31 Å². The Morgan fingerprint density at radius 2 is 1.91 bits per heavy atom. The lowest BCUT2D eigenvalue weighted by atomic mass is 9.96. The van der Waals surface area contributed by atoms with Crippen molar-refractivity contribution >= 4 is 17.7 Å². The van der Waals surface area contributed by atoms with Crippen LogP contribution < -0.4 is 0 Å². The molecule has 0 amide bonds. The highest BCUT2D eigenvalue weighted by Gasteiger charge is 2.25. The quantitative estimate of drug-likeness (QED) is 0.528. The summed E-state index contributed by atoms with van der Waals surface area (Å²) in [5.41, 5.74) is 3.86. The monoisotopic (exact) mass is 328 g/mol. The highest BCUT2D eigenvalue weighted by atomic mass is 32.2. The summed E-state index contributed by atoms with van der Waals surface area (Å²) >= 11 is 1.91.